The number of amides is 2. The van der Waals surface area contributed by atoms with Crippen LogP contribution in [0.1, 0.15) is 44.1 Å². The van der Waals surface area contributed by atoms with E-state index in [0.717, 1.165) is 25.7 Å². The summed E-state index contributed by atoms with van der Waals surface area (Å²) in [5.74, 6) is -0.669. The molecule has 0 spiro atoms. The fraction of sp³-hybridized carbons (Fsp3) is 0.438. The van der Waals surface area contributed by atoms with E-state index in [-0.39, 0.29) is 24.1 Å². The van der Waals surface area contributed by atoms with Gasteiger partial charge in [0, 0.05) is 11.6 Å². The first kappa shape index (κ1) is 16.0. The molecule has 118 valence electrons. The van der Waals surface area contributed by atoms with Crippen LogP contribution < -0.4 is 10.7 Å². The van der Waals surface area contributed by atoms with Gasteiger partial charge in [-0.15, -0.1) is 0 Å². The van der Waals surface area contributed by atoms with Crippen molar-refractivity contribution in [1.82, 2.24) is 10.7 Å². The Kier molecular flexibility index (Phi) is 5.94. The van der Waals surface area contributed by atoms with Crippen LogP contribution >= 0.6 is 0 Å². The summed E-state index contributed by atoms with van der Waals surface area (Å²) in [6, 6.07) is 6.84. The van der Waals surface area contributed by atoms with Gasteiger partial charge in [0.15, 0.2) is 0 Å². The van der Waals surface area contributed by atoms with Gasteiger partial charge >= 0.3 is 0 Å². The molecule has 3 N–H and O–H groups in total. The zero-order valence-corrected chi connectivity index (χ0v) is 12.4. The Morgan fingerprint density at radius 2 is 1.91 bits per heavy atom. The summed E-state index contributed by atoms with van der Waals surface area (Å²) >= 11 is 0. The number of nitrogens with zero attached hydrogens (tertiary/aromatic N) is 1. The van der Waals surface area contributed by atoms with Gasteiger partial charge in [0.1, 0.15) is 12.2 Å². The SMILES string of the molecule is O=C(CC(=O)NC1CCCCC1)NN=Cc1ccccc1O. The van der Waals surface area contributed by atoms with E-state index in [4.69, 9.17) is 0 Å². The quantitative estimate of drug-likeness (QED) is 0.439. The lowest BCUT2D eigenvalue weighted by molar-refractivity contribution is -0.129. The summed E-state index contributed by atoms with van der Waals surface area (Å²) in [6.07, 6.45) is 6.54. The van der Waals surface area contributed by atoms with Crippen molar-refractivity contribution in [2.24, 2.45) is 5.10 Å². The number of phenols is 1. The topological polar surface area (TPSA) is 90.8 Å². The standard InChI is InChI=1S/C16H21N3O3/c20-14-9-5-4-6-12(14)11-17-19-16(22)10-15(21)18-13-7-2-1-3-8-13/h4-6,9,11,13,20H,1-3,7-8,10H2,(H,18,21)(H,19,22). The smallest absolute Gasteiger partial charge is 0.249 e. The highest BCUT2D eigenvalue weighted by Crippen LogP contribution is 2.17. The molecule has 0 bridgehead atoms. The number of nitrogens with one attached hydrogen (secondary N) is 2. The molecule has 0 atom stereocenters. The molecule has 1 fully saturated rings. The van der Waals surface area contributed by atoms with E-state index in [1.54, 1.807) is 18.2 Å². The van der Waals surface area contributed by atoms with Crippen molar-refractivity contribution in [1.29, 1.82) is 0 Å². The van der Waals surface area contributed by atoms with Crippen molar-refractivity contribution >= 4 is 18.0 Å². The maximum atomic E-state index is 11.7. The molecule has 2 rings (SSSR count). The molecule has 1 aromatic carbocycles. The highest BCUT2D eigenvalue weighted by atomic mass is 16.3. The molecular weight excluding hydrogens is 282 g/mol. The Bertz CT molecular complexity index is 551. The predicted molar refractivity (Wildman–Crippen MR) is 83.5 cm³/mol. The molecule has 22 heavy (non-hydrogen) atoms. The minimum absolute atomic E-state index is 0.0792. The number of carbonyl (C=O) groups excluding carboxylic acids is 2. The monoisotopic (exact) mass is 303 g/mol. The van der Waals surface area contributed by atoms with Crippen LogP contribution in [0.2, 0.25) is 0 Å². The summed E-state index contributed by atoms with van der Waals surface area (Å²) < 4.78 is 0. The van der Waals surface area contributed by atoms with Crippen LogP contribution in [0, 0.1) is 0 Å². The van der Waals surface area contributed by atoms with Crippen LogP contribution in [0.4, 0.5) is 0 Å². The van der Waals surface area contributed by atoms with E-state index in [1.165, 1.54) is 18.7 Å². The molecule has 0 aromatic heterocycles. The number of phenolic OH excluding ortho intramolecular Hbond substituents is 1. The maximum Gasteiger partial charge on any atom is 0.249 e. The highest BCUT2D eigenvalue weighted by molar-refractivity contribution is 5.97. The van der Waals surface area contributed by atoms with Crippen LogP contribution in [-0.4, -0.2) is 29.2 Å². The molecule has 1 aromatic rings. The first-order valence-corrected chi connectivity index (χ1v) is 7.54. The van der Waals surface area contributed by atoms with E-state index in [9.17, 15) is 14.7 Å². The Hall–Kier alpha value is -2.37. The first-order valence-electron chi connectivity index (χ1n) is 7.54. The zero-order chi connectivity index (χ0) is 15.8. The first-order chi connectivity index (χ1) is 10.6. The Morgan fingerprint density at radius 3 is 2.64 bits per heavy atom. The third-order valence-electron chi connectivity index (χ3n) is 3.62. The van der Waals surface area contributed by atoms with E-state index in [2.05, 4.69) is 15.8 Å². The van der Waals surface area contributed by atoms with Crippen molar-refractivity contribution < 1.29 is 14.7 Å². The van der Waals surface area contributed by atoms with Crippen LogP contribution in [0.3, 0.4) is 0 Å². The van der Waals surface area contributed by atoms with Crippen LogP contribution in [-0.2, 0) is 9.59 Å². The molecule has 1 aliphatic rings. The summed E-state index contributed by atoms with van der Waals surface area (Å²) in [7, 11) is 0. The summed E-state index contributed by atoms with van der Waals surface area (Å²) in [6.45, 7) is 0. The molecule has 6 nitrogen and oxygen atoms in total. The van der Waals surface area contributed by atoms with E-state index >= 15 is 0 Å². The van der Waals surface area contributed by atoms with Crippen molar-refractivity contribution in [3.05, 3.63) is 29.8 Å². The lowest BCUT2D eigenvalue weighted by Crippen LogP contribution is -2.38. The molecule has 6 heteroatoms. The molecule has 0 heterocycles. The number of aromatic hydroxyl groups is 1. The number of carbonyl (C=O) groups is 2. The van der Waals surface area contributed by atoms with Gasteiger partial charge in [0.05, 0.1) is 6.21 Å². The van der Waals surface area contributed by atoms with Crippen molar-refractivity contribution in [3.8, 4) is 5.75 Å². The number of hydrazone groups is 1. The van der Waals surface area contributed by atoms with Gasteiger partial charge in [-0.25, -0.2) is 5.43 Å². The second kappa shape index (κ2) is 8.17. The van der Waals surface area contributed by atoms with E-state index in [0.29, 0.717) is 5.56 Å². The summed E-state index contributed by atoms with van der Waals surface area (Å²) in [4.78, 5) is 23.4. The molecule has 0 saturated heterocycles. The van der Waals surface area contributed by atoms with Gasteiger partial charge in [-0.3, -0.25) is 9.59 Å². The van der Waals surface area contributed by atoms with Crippen molar-refractivity contribution in [3.63, 3.8) is 0 Å². The number of benzene rings is 1. The van der Waals surface area contributed by atoms with Crippen LogP contribution in [0.25, 0.3) is 0 Å². The van der Waals surface area contributed by atoms with Crippen molar-refractivity contribution in [2.45, 2.75) is 44.6 Å². The third kappa shape index (κ3) is 5.20. The van der Waals surface area contributed by atoms with Gasteiger partial charge in [0.25, 0.3) is 0 Å². The zero-order valence-electron chi connectivity index (χ0n) is 12.4. The Balaban J connectivity index is 1.73. The lowest BCUT2D eigenvalue weighted by Gasteiger charge is -2.22. The van der Waals surface area contributed by atoms with Gasteiger partial charge < -0.3 is 10.4 Å². The normalized spacial score (nSPS) is 15.6. The van der Waals surface area contributed by atoms with Gasteiger partial charge in [-0.2, -0.15) is 5.10 Å². The Morgan fingerprint density at radius 1 is 1.18 bits per heavy atom. The second-order valence-corrected chi connectivity index (χ2v) is 5.43. The van der Waals surface area contributed by atoms with E-state index in [1.807, 2.05) is 0 Å². The largest absolute Gasteiger partial charge is 0.507 e. The van der Waals surface area contributed by atoms with Crippen molar-refractivity contribution in [2.75, 3.05) is 0 Å². The predicted octanol–water partition coefficient (Wildman–Crippen LogP) is 1.68. The van der Waals surface area contributed by atoms with Gasteiger partial charge in [-0.05, 0) is 25.0 Å². The molecule has 2 amide bonds. The number of hydrogen-bond acceptors (Lipinski definition) is 4. The number of rotatable bonds is 5. The fourth-order valence-electron chi connectivity index (χ4n) is 2.48. The van der Waals surface area contributed by atoms with E-state index < -0.39 is 5.91 Å². The second-order valence-electron chi connectivity index (χ2n) is 5.43. The summed E-state index contributed by atoms with van der Waals surface area (Å²) in [5.41, 5.74) is 2.78. The number of para-hydroxylation sites is 1. The average Bonchev–Trinajstić information content (AvgIpc) is 2.50. The summed E-state index contributed by atoms with van der Waals surface area (Å²) in [5, 5.41) is 16.1. The van der Waals surface area contributed by atoms with Gasteiger partial charge in [0.2, 0.25) is 11.8 Å². The third-order valence-corrected chi connectivity index (χ3v) is 3.62. The molecule has 1 saturated carbocycles. The molecule has 1 aliphatic carbocycles. The highest BCUT2D eigenvalue weighted by Gasteiger charge is 2.17. The minimum atomic E-state index is -0.472. The van der Waals surface area contributed by atoms with Crippen LogP contribution in [0.15, 0.2) is 29.4 Å². The Labute approximate surface area is 129 Å². The minimum Gasteiger partial charge on any atom is -0.507 e. The average molecular weight is 303 g/mol. The van der Waals surface area contributed by atoms with Crippen LogP contribution in [0.5, 0.6) is 5.75 Å². The maximum absolute atomic E-state index is 11.7. The molecule has 0 aliphatic heterocycles. The molecule has 0 radical (unpaired) electrons. The van der Waals surface area contributed by atoms with Gasteiger partial charge in [-0.1, -0.05) is 31.4 Å². The molecule has 0 unspecified atom stereocenters. The number of hydrogen-bond donors (Lipinski definition) is 3. The lowest BCUT2D eigenvalue weighted by atomic mass is 9.95. The molecular formula is C16H21N3O3. The fourth-order valence-corrected chi connectivity index (χ4v) is 2.48.